The van der Waals surface area contributed by atoms with Crippen LogP contribution in [0.4, 0.5) is 16.0 Å². The Morgan fingerprint density at radius 3 is 2.79 bits per heavy atom. The molecule has 1 amide bonds. The third-order valence-corrected chi connectivity index (χ3v) is 8.00. The lowest BCUT2D eigenvalue weighted by Gasteiger charge is -2.28. The summed E-state index contributed by atoms with van der Waals surface area (Å²) in [6.45, 7) is 5.43. The van der Waals surface area contributed by atoms with Gasteiger partial charge in [0.15, 0.2) is 5.16 Å². The molecule has 1 saturated heterocycles. The lowest BCUT2D eigenvalue weighted by Crippen LogP contribution is -2.38. The van der Waals surface area contributed by atoms with Crippen LogP contribution in [0.25, 0.3) is 5.69 Å². The SMILES string of the molecule is CC1CCN(C(=O)CSc2nnc(N3CCOCC3)n2-c2cccc(F)c2)c2ccccc2S1. The molecule has 1 unspecified atom stereocenters. The number of hydrogen-bond donors (Lipinski definition) is 0. The second-order valence-electron chi connectivity index (χ2n) is 8.22. The number of para-hydroxylation sites is 1. The normalized spacial score (nSPS) is 18.5. The molecule has 2 aliphatic rings. The van der Waals surface area contributed by atoms with Gasteiger partial charge in [0.05, 0.1) is 30.3 Å². The van der Waals surface area contributed by atoms with Gasteiger partial charge in [0.25, 0.3) is 0 Å². The van der Waals surface area contributed by atoms with Gasteiger partial charge in [-0.3, -0.25) is 9.36 Å². The molecule has 7 nitrogen and oxygen atoms in total. The van der Waals surface area contributed by atoms with Crippen LogP contribution in [-0.4, -0.2) is 64.5 Å². The molecule has 0 bridgehead atoms. The van der Waals surface area contributed by atoms with E-state index in [0.717, 1.165) is 17.0 Å². The molecule has 1 atom stereocenters. The lowest BCUT2D eigenvalue weighted by atomic mass is 10.2. The Kier molecular flexibility index (Phi) is 7.07. The monoisotopic (exact) mass is 499 g/mol. The zero-order valence-corrected chi connectivity index (χ0v) is 20.5. The molecule has 3 aromatic rings. The summed E-state index contributed by atoms with van der Waals surface area (Å²) in [5, 5.41) is 9.80. The van der Waals surface area contributed by atoms with Gasteiger partial charge in [0.1, 0.15) is 5.82 Å². The van der Waals surface area contributed by atoms with Crippen molar-refractivity contribution in [3.63, 3.8) is 0 Å². The second-order valence-corrected chi connectivity index (χ2v) is 10.6. The van der Waals surface area contributed by atoms with Gasteiger partial charge in [-0.05, 0) is 36.8 Å². The van der Waals surface area contributed by atoms with E-state index in [1.807, 2.05) is 45.5 Å². The summed E-state index contributed by atoms with van der Waals surface area (Å²) >= 11 is 3.14. The molecule has 0 aliphatic carbocycles. The number of carbonyl (C=O) groups is 1. The van der Waals surface area contributed by atoms with Gasteiger partial charge in [-0.25, -0.2) is 4.39 Å². The first-order chi connectivity index (χ1) is 16.6. The molecule has 0 radical (unpaired) electrons. The van der Waals surface area contributed by atoms with Gasteiger partial charge in [0, 0.05) is 29.8 Å². The zero-order valence-electron chi connectivity index (χ0n) is 18.9. The molecule has 10 heteroatoms. The van der Waals surface area contributed by atoms with Gasteiger partial charge in [-0.15, -0.1) is 22.0 Å². The predicted molar refractivity (Wildman–Crippen MR) is 134 cm³/mol. The summed E-state index contributed by atoms with van der Waals surface area (Å²) in [5.41, 5.74) is 1.59. The van der Waals surface area contributed by atoms with E-state index in [4.69, 9.17) is 4.74 Å². The maximum Gasteiger partial charge on any atom is 0.237 e. The molecule has 1 aromatic heterocycles. The van der Waals surface area contributed by atoms with Crippen LogP contribution in [0.1, 0.15) is 13.3 Å². The number of aromatic nitrogens is 3. The molecule has 0 saturated carbocycles. The molecule has 3 heterocycles. The highest BCUT2D eigenvalue weighted by Gasteiger charge is 2.26. The fourth-order valence-electron chi connectivity index (χ4n) is 4.12. The van der Waals surface area contributed by atoms with Crippen molar-refractivity contribution in [2.45, 2.75) is 28.6 Å². The first-order valence-electron chi connectivity index (χ1n) is 11.3. The topological polar surface area (TPSA) is 63.5 Å². The number of nitrogens with zero attached hydrogens (tertiary/aromatic N) is 5. The minimum atomic E-state index is -0.334. The molecule has 2 aliphatic heterocycles. The number of thioether (sulfide) groups is 2. The number of ether oxygens (including phenoxy) is 1. The van der Waals surface area contributed by atoms with Gasteiger partial charge in [-0.1, -0.05) is 36.9 Å². The minimum Gasteiger partial charge on any atom is -0.378 e. The van der Waals surface area contributed by atoms with Crippen molar-refractivity contribution in [2.75, 3.05) is 48.4 Å². The van der Waals surface area contributed by atoms with Crippen molar-refractivity contribution in [1.82, 2.24) is 14.8 Å². The van der Waals surface area contributed by atoms with Crippen molar-refractivity contribution in [3.8, 4) is 5.69 Å². The quantitative estimate of drug-likeness (QED) is 0.486. The Labute approximate surface area is 206 Å². The molecule has 1 fully saturated rings. The summed E-state index contributed by atoms with van der Waals surface area (Å²) in [6.07, 6.45) is 0.927. The van der Waals surface area contributed by atoms with Crippen molar-refractivity contribution >= 4 is 41.1 Å². The third-order valence-electron chi connectivity index (χ3n) is 5.85. The summed E-state index contributed by atoms with van der Waals surface area (Å²) in [6, 6.07) is 14.4. The number of rotatable bonds is 5. The fourth-order valence-corrected chi connectivity index (χ4v) is 6.05. The van der Waals surface area contributed by atoms with E-state index in [0.29, 0.717) is 54.9 Å². The molecule has 178 valence electrons. The van der Waals surface area contributed by atoms with Crippen molar-refractivity contribution < 1.29 is 13.9 Å². The van der Waals surface area contributed by atoms with Crippen LogP contribution in [-0.2, 0) is 9.53 Å². The zero-order chi connectivity index (χ0) is 23.5. The Bertz CT molecular complexity index is 1170. The third kappa shape index (κ3) is 4.94. The first-order valence-corrected chi connectivity index (χ1v) is 13.2. The first kappa shape index (κ1) is 23.2. The maximum absolute atomic E-state index is 14.1. The highest BCUT2D eigenvalue weighted by Crippen LogP contribution is 2.38. The molecule has 0 N–H and O–H groups in total. The van der Waals surface area contributed by atoms with E-state index >= 15 is 0 Å². The molecular weight excluding hydrogens is 473 g/mol. The van der Waals surface area contributed by atoms with Crippen LogP contribution in [0.2, 0.25) is 0 Å². The highest BCUT2D eigenvalue weighted by molar-refractivity contribution is 8.00. The number of fused-ring (bicyclic) bond motifs is 1. The van der Waals surface area contributed by atoms with Crippen molar-refractivity contribution in [1.29, 1.82) is 0 Å². The number of amides is 1. The molecule has 34 heavy (non-hydrogen) atoms. The van der Waals surface area contributed by atoms with Crippen LogP contribution >= 0.6 is 23.5 Å². The predicted octanol–water partition coefficient (Wildman–Crippen LogP) is 4.25. The Hall–Kier alpha value is -2.56. The Morgan fingerprint density at radius 1 is 1.15 bits per heavy atom. The van der Waals surface area contributed by atoms with Crippen molar-refractivity contribution in [2.24, 2.45) is 0 Å². The number of carbonyl (C=O) groups excluding carboxylic acids is 1. The van der Waals surface area contributed by atoms with Crippen LogP contribution in [0.3, 0.4) is 0 Å². The Balaban J connectivity index is 1.40. The van der Waals surface area contributed by atoms with Crippen LogP contribution in [0.15, 0.2) is 58.6 Å². The number of benzene rings is 2. The van der Waals surface area contributed by atoms with Crippen molar-refractivity contribution in [3.05, 3.63) is 54.3 Å². The van der Waals surface area contributed by atoms with E-state index in [1.165, 1.54) is 23.9 Å². The maximum atomic E-state index is 14.1. The second kappa shape index (κ2) is 10.4. The standard InChI is InChI=1S/C24H26FN5O2S2/c1-17-9-10-29(20-7-2-3-8-21(20)34-17)22(31)16-33-24-27-26-23(28-11-13-32-14-12-28)30(24)19-6-4-5-18(25)15-19/h2-8,15,17H,9-14,16H2,1H3. The van der Waals surface area contributed by atoms with Crippen LogP contribution in [0, 0.1) is 5.82 Å². The summed E-state index contributed by atoms with van der Waals surface area (Å²) in [7, 11) is 0. The van der Waals surface area contributed by atoms with E-state index in [2.05, 4.69) is 28.1 Å². The lowest BCUT2D eigenvalue weighted by molar-refractivity contribution is -0.116. The number of anilines is 2. The van der Waals surface area contributed by atoms with Gasteiger partial charge in [0.2, 0.25) is 11.9 Å². The average Bonchev–Trinajstić information content (AvgIpc) is 3.20. The minimum absolute atomic E-state index is 0.0221. The molecule has 2 aromatic carbocycles. The fraction of sp³-hybridized carbons (Fsp3) is 0.375. The summed E-state index contributed by atoms with van der Waals surface area (Å²) in [4.78, 5) is 18.4. The number of morpholine rings is 1. The largest absolute Gasteiger partial charge is 0.378 e. The molecule has 5 rings (SSSR count). The van der Waals surface area contributed by atoms with Gasteiger partial charge >= 0.3 is 0 Å². The number of halogens is 1. The van der Waals surface area contributed by atoms with E-state index in [9.17, 15) is 9.18 Å². The molecular formula is C24H26FN5O2S2. The average molecular weight is 500 g/mol. The van der Waals surface area contributed by atoms with E-state index in [1.54, 1.807) is 6.07 Å². The highest BCUT2D eigenvalue weighted by atomic mass is 32.2. The smallest absolute Gasteiger partial charge is 0.237 e. The number of hydrogen-bond acceptors (Lipinski definition) is 7. The van der Waals surface area contributed by atoms with E-state index < -0.39 is 0 Å². The van der Waals surface area contributed by atoms with Gasteiger partial charge < -0.3 is 14.5 Å². The van der Waals surface area contributed by atoms with Gasteiger partial charge in [-0.2, -0.15) is 0 Å². The summed E-state index contributed by atoms with van der Waals surface area (Å²) in [5.74, 6) is 0.534. The van der Waals surface area contributed by atoms with Crippen LogP contribution < -0.4 is 9.80 Å². The molecule has 0 spiro atoms. The van der Waals surface area contributed by atoms with E-state index in [-0.39, 0.29) is 17.5 Å². The Morgan fingerprint density at radius 2 is 1.97 bits per heavy atom. The van der Waals surface area contributed by atoms with Crippen LogP contribution in [0.5, 0.6) is 0 Å². The summed E-state index contributed by atoms with van der Waals surface area (Å²) < 4.78 is 21.4.